The number of hydrogen-bond donors (Lipinski definition) is 1. The Bertz CT molecular complexity index is 800. The zero-order chi connectivity index (χ0) is 17.2. The second-order valence-corrected chi connectivity index (χ2v) is 7.55. The summed E-state index contributed by atoms with van der Waals surface area (Å²) in [6, 6.07) is 15.8. The topological polar surface area (TPSA) is 49.4 Å². The summed E-state index contributed by atoms with van der Waals surface area (Å²) in [6.45, 7) is 0.769. The van der Waals surface area contributed by atoms with Gasteiger partial charge in [-0.05, 0) is 55.2 Å². The molecule has 0 spiro atoms. The molecule has 128 valence electrons. The number of hydrogen-bond acceptors (Lipinski definition) is 3. The first-order valence-electron chi connectivity index (χ1n) is 8.63. The van der Waals surface area contributed by atoms with Crippen molar-refractivity contribution in [1.29, 1.82) is 0 Å². The normalized spacial score (nSPS) is 15.8. The van der Waals surface area contributed by atoms with Crippen LogP contribution in [0.15, 0.2) is 53.4 Å². The summed E-state index contributed by atoms with van der Waals surface area (Å²) in [4.78, 5) is 27.2. The molecule has 1 aliphatic carbocycles. The molecule has 1 N–H and O–H groups in total. The Morgan fingerprint density at radius 3 is 2.60 bits per heavy atom. The zero-order valence-corrected chi connectivity index (χ0v) is 14.7. The number of nitrogens with one attached hydrogen (secondary N) is 1. The molecule has 1 fully saturated rings. The predicted molar refractivity (Wildman–Crippen MR) is 101 cm³/mol. The van der Waals surface area contributed by atoms with Crippen LogP contribution < -0.4 is 10.2 Å². The van der Waals surface area contributed by atoms with Crippen LogP contribution in [0.2, 0.25) is 0 Å². The quantitative estimate of drug-likeness (QED) is 0.835. The van der Waals surface area contributed by atoms with E-state index in [9.17, 15) is 9.59 Å². The van der Waals surface area contributed by atoms with Gasteiger partial charge in [0, 0.05) is 28.7 Å². The van der Waals surface area contributed by atoms with Gasteiger partial charge in [0.2, 0.25) is 11.8 Å². The maximum atomic E-state index is 12.5. The van der Waals surface area contributed by atoms with Crippen LogP contribution in [-0.4, -0.2) is 24.1 Å². The van der Waals surface area contributed by atoms with Gasteiger partial charge < -0.3 is 10.2 Å². The van der Waals surface area contributed by atoms with Crippen molar-refractivity contribution in [2.75, 3.05) is 22.5 Å². The number of rotatable bonds is 5. The van der Waals surface area contributed by atoms with Gasteiger partial charge in [-0.15, -0.1) is 11.8 Å². The van der Waals surface area contributed by atoms with Gasteiger partial charge in [-0.3, -0.25) is 9.59 Å². The SMILES string of the molecule is O=C(Nc1ccc(SCC(=O)N2CCc3ccccc32)cc1)C1CC1. The van der Waals surface area contributed by atoms with Crippen LogP contribution >= 0.6 is 11.8 Å². The molecule has 0 aromatic heterocycles. The average molecular weight is 352 g/mol. The van der Waals surface area contributed by atoms with E-state index in [1.54, 1.807) is 0 Å². The molecule has 0 atom stereocenters. The van der Waals surface area contributed by atoms with Crippen molar-refractivity contribution in [3.63, 3.8) is 0 Å². The number of nitrogens with zero attached hydrogens (tertiary/aromatic N) is 1. The third kappa shape index (κ3) is 3.71. The summed E-state index contributed by atoms with van der Waals surface area (Å²) >= 11 is 1.53. The zero-order valence-electron chi connectivity index (χ0n) is 13.9. The van der Waals surface area contributed by atoms with Crippen molar-refractivity contribution >= 4 is 35.0 Å². The van der Waals surface area contributed by atoms with Crippen molar-refractivity contribution in [2.45, 2.75) is 24.2 Å². The van der Waals surface area contributed by atoms with Crippen LogP contribution in [-0.2, 0) is 16.0 Å². The van der Waals surface area contributed by atoms with Crippen molar-refractivity contribution < 1.29 is 9.59 Å². The van der Waals surface area contributed by atoms with E-state index in [1.165, 1.54) is 17.3 Å². The van der Waals surface area contributed by atoms with Crippen LogP contribution in [0.25, 0.3) is 0 Å². The minimum Gasteiger partial charge on any atom is -0.326 e. The van der Waals surface area contributed by atoms with Crippen molar-refractivity contribution in [1.82, 2.24) is 0 Å². The smallest absolute Gasteiger partial charge is 0.237 e. The number of thioether (sulfide) groups is 1. The lowest BCUT2D eigenvalue weighted by atomic mass is 10.2. The minimum absolute atomic E-state index is 0.114. The lowest BCUT2D eigenvalue weighted by molar-refractivity contribution is -0.117. The molecule has 0 radical (unpaired) electrons. The van der Waals surface area contributed by atoms with E-state index in [1.807, 2.05) is 47.4 Å². The van der Waals surface area contributed by atoms with E-state index in [-0.39, 0.29) is 17.7 Å². The second-order valence-electron chi connectivity index (χ2n) is 6.50. The molecule has 1 heterocycles. The minimum atomic E-state index is 0.114. The standard InChI is InChI=1S/C20H20N2O2S/c23-19(22-12-11-14-3-1-2-4-18(14)22)13-25-17-9-7-16(8-10-17)21-20(24)15-5-6-15/h1-4,7-10,15H,5-6,11-13H2,(H,21,24). The Hall–Kier alpha value is -2.27. The fraction of sp³-hybridized carbons (Fsp3) is 0.300. The van der Waals surface area contributed by atoms with Gasteiger partial charge in [0.05, 0.1) is 5.75 Å². The van der Waals surface area contributed by atoms with Gasteiger partial charge in [-0.2, -0.15) is 0 Å². The Morgan fingerprint density at radius 1 is 1.08 bits per heavy atom. The van der Waals surface area contributed by atoms with E-state index >= 15 is 0 Å². The highest BCUT2D eigenvalue weighted by atomic mass is 32.2. The molecule has 2 amide bonds. The molecular weight excluding hydrogens is 332 g/mol. The molecule has 4 rings (SSSR count). The van der Waals surface area contributed by atoms with Gasteiger partial charge in [-0.1, -0.05) is 18.2 Å². The van der Waals surface area contributed by atoms with E-state index in [4.69, 9.17) is 0 Å². The first-order valence-corrected chi connectivity index (χ1v) is 9.61. The van der Waals surface area contributed by atoms with E-state index in [2.05, 4.69) is 11.4 Å². The van der Waals surface area contributed by atoms with Crippen molar-refractivity contribution in [3.05, 3.63) is 54.1 Å². The average Bonchev–Trinajstić information content (AvgIpc) is 3.40. The first kappa shape index (κ1) is 16.2. The Kier molecular flexibility index (Phi) is 4.49. The van der Waals surface area contributed by atoms with E-state index in [0.29, 0.717) is 5.75 Å². The van der Waals surface area contributed by atoms with Crippen LogP contribution in [0.5, 0.6) is 0 Å². The maximum absolute atomic E-state index is 12.5. The van der Waals surface area contributed by atoms with E-state index < -0.39 is 0 Å². The molecule has 25 heavy (non-hydrogen) atoms. The van der Waals surface area contributed by atoms with Crippen LogP contribution in [0.3, 0.4) is 0 Å². The highest BCUT2D eigenvalue weighted by Crippen LogP contribution is 2.31. The third-order valence-electron chi connectivity index (χ3n) is 4.62. The number of carbonyl (C=O) groups excluding carboxylic acids is 2. The number of amides is 2. The number of anilines is 2. The largest absolute Gasteiger partial charge is 0.326 e. The Labute approximate surface area is 151 Å². The molecule has 2 aliphatic rings. The molecule has 5 heteroatoms. The van der Waals surface area contributed by atoms with Crippen molar-refractivity contribution in [2.24, 2.45) is 5.92 Å². The molecule has 2 aromatic rings. The molecule has 4 nitrogen and oxygen atoms in total. The molecule has 0 saturated heterocycles. The van der Waals surface area contributed by atoms with Gasteiger partial charge in [0.1, 0.15) is 0 Å². The fourth-order valence-electron chi connectivity index (χ4n) is 3.04. The Balaban J connectivity index is 1.32. The van der Waals surface area contributed by atoms with Gasteiger partial charge in [0.15, 0.2) is 0 Å². The predicted octanol–water partition coefficient (Wildman–Crippen LogP) is 3.72. The number of benzene rings is 2. The number of carbonyl (C=O) groups is 2. The molecular formula is C20H20N2O2S. The summed E-state index contributed by atoms with van der Waals surface area (Å²) in [5.41, 5.74) is 3.11. The lowest BCUT2D eigenvalue weighted by Crippen LogP contribution is -2.30. The molecule has 0 unspecified atom stereocenters. The van der Waals surface area contributed by atoms with Gasteiger partial charge >= 0.3 is 0 Å². The van der Waals surface area contributed by atoms with Gasteiger partial charge in [-0.25, -0.2) is 0 Å². The molecule has 1 aliphatic heterocycles. The van der Waals surface area contributed by atoms with Gasteiger partial charge in [0.25, 0.3) is 0 Å². The fourth-order valence-corrected chi connectivity index (χ4v) is 3.82. The lowest BCUT2D eigenvalue weighted by Gasteiger charge is -2.17. The monoisotopic (exact) mass is 352 g/mol. The second kappa shape index (κ2) is 6.92. The Morgan fingerprint density at radius 2 is 1.84 bits per heavy atom. The van der Waals surface area contributed by atoms with Crippen LogP contribution in [0.1, 0.15) is 18.4 Å². The summed E-state index contributed by atoms with van der Waals surface area (Å²) in [5.74, 6) is 0.876. The van der Waals surface area contributed by atoms with Crippen molar-refractivity contribution in [3.8, 4) is 0 Å². The highest BCUT2D eigenvalue weighted by molar-refractivity contribution is 8.00. The summed E-state index contributed by atoms with van der Waals surface area (Å²) in [6.07, 6.45) is 2.94. The summed E-state index contributed by atoms with van der Waals surface area (Å²) < 4.78 is 0. The van der Waals surface area contributed by atoms with E-state index in [0.717, 1.165) is 42.1 Å². The molecule has 2 aromatic carbocycles. The molecule has 1 saturated carbocycles. The van der Waals surface area contributed by atoms with Crippen LogP contribution in [0, 0.1) is 5.92 Å². The maximum Gasteiger partial charge on any atom is 0.237 e. The summed E-state index contributed by atoms with van der Waals surface area (Å²) in [7, 11) is 0. The number of para-hydroxylation sites is 1. The first-order chi connectivity index (χ1) is 12.2. The number of fused-ring (bicyclic) bond motifs is 1. The molecule has 0 bridgehead atoms. The highest BCUT2D eigenvalue weighted by Gasteiger charge is 2.29. The third-order valence-corrected chi connectivity index (χ3v) is 5.62. The summed E-state index contributed by atoms with van der Waals surface area (Å²) in [5, 5.41) is 2.93. The van der Waals surface area contributed by atoms with Crippen LogP contribution in [0.4, 0.5) is 11.4 Å².